The SMILES string of the molecule is C[C@H](CCCS(=O)(=O)C(C)(C)C)N(c1cc(Cl)ccc1CO)S(=O)(=O)c1ccc(Cl)cc1. The Balaban J connectivity index is 2.47. The molecule has 6 nitrogen and oxygen atoms in total. The molecule has 32 heavy (non-hydrogen) atoms. The Kier molecular flexibility index (Phi) is 8.67. The fourth-order valence-electron chi connectivity index (χ4n) is 3.19. The first kappa shape index (κ1) is 26.9. The van der Waals surface area contributed by atoms with E-state index in [1.807, 2.05) is 0 Å². The molecule has 1 N–H and O–H groups in total. The normalized spacial score (nSPS) is 13.7. The van der Waals surface area contributed by atoms with Crippen LogP contribution in [0.4, 0.5) is 5.69 Å². The van der Waals surface area contributed by atoms with Gasteiger partial charge < -0.3 is 5.11 Å². The van der Waals surface area contributed by atoms with Gasteiger partial charge in [0.05, 0.1) is 27.7 Å². The smallest absolute Gasteiger partial charge is 0.264 e. The molecule has 0 unspecified atom stereocenters. The second-order valence-corrected chi connectivity index (χ2v) is 14.2. The Morgan fingerprint density at radius 3 is 2.06 bits per heavy atom. The second-order valence-electron chi connectivity index (χ2n) is 8.61. The van der Waals surface area contributed by atoms with Gasteiger partial charge in [-0.1, -0.05) is 29.3 Å². The summed E-state index contributed by atoms with van der Waals surface area (Å²) >= 11 is 12.1. The van der Waals surface area contributed by atoms with Crippen molar-refractivity contribution in [1.82, 2.24) is 0 Å². The highest BCUT2D eigenvalue weighted by Gasteiger charge is 2.33. The van der Waals surface area contributed by atoms with Gasteiger partial charge in [0.1, 0.15) is 0 Å². The third-order valence-electron chi connectivity index (χ3n) is 5.19. The van der Waals surface area contributed by atoms with E-state index in [-0.39, 0.29) is 29.4 Å². The summed E-state index contributed by atoms with van der Waals surface area (Å²) in [6.45, 7) is 6.25. The largest absolute Gasteiger partial charge is 0.392 e. The standard InChI is InChI=1S/C22H29Cl2NO5S2/c1-16(6-5-13-31(27,28)22(2,3)4)25(21-14-19(24)8-7-17(21)15-26)32(29,30)20-11-9-18(23)10-12-20/h7-12,14,16,26H,5-6,13,15H2,1-4H3/t16-/m1/s1. The summed E-state index contributed by atoms with van der Waals surface area (Å²) in [7, 11) is -7.40. The number of hydrogen-bond donors (Lipinski definition) is 1. The first-order valence-corrected chi connectivity index (χ1v) is 14.0. The predicted molar refractivity (Wildman–Crippen MR) is 131 cm³/mol. The molecular formula is C22H29Cl2NO5S2. The van der Waals surface area contributed by atoms with Crippen molar-refractivity contribution in [2.24, 2.45) is 0 Å². The lowest BCUT2D eigenvalue weighted by atomic mass is 10.1. The highest BCUT2D eigenvalue weighted by molar-refractivity contribution is 7.93. The van der Waals surface area contributed by atoms with Crippen LogP contribution >= 0.6 is 23.2 Å². The molecule has 0 saturated carbocycles. The Morgan fingerprint density at radius 2 is 1.53 bits per heavy atom. The van der Waals surface area contributed by atoms with E-state index in [9.17, 15) is 21.9 Å². The van der Waals surface area contributed by atoms with Crippen LogP contribution in [0.3, 0.4) is 0 Å². The van der Waals surface area contributed by atoms with Crippen LogP contribution in [-0.4, -0.2) is 38.5 Å². The maximum Gasteiger partial charge on any atom is 0.264 e. The lowest BCUT2D eigenvalue weighted by Gasteiger charge is -2.32. The summed E-state index contributed by atoms with van der Waals surface area (Å²) < 4.78 is 52.5. The van der Waals surface area contributed by atoms with Gasteiger partial charge in [0, 0.05) is 21.7 Å². The lowest BCUT2D eigenvalue weighted by molar-refractivity contribution is 0.282. The molecule has 0 bridgehead atoms. The molecule has 0 aliphatic heterocycles. The highest BCUT2D eigenvalue weighted by atomic mass is 35.5. The molecule has 0 saturated heterocycles. The van der Waals surface area contributed by atoms with E-state index < -0.39 is 30.6 Å². The molecule has 1 atom stereocenters. The highest BCUT2D eigenvalue weighted by Crippen LogP contribution is 2.33. The molecule has 0 fully saturated rings. The van der Waals surface area contributed by atoms with Crippen LogP contribution < -0.4 is 4.31 Å². The number of rotatable bonds is 9. The maximum atomic E-state index is 13.6. The Hall–Kier alpha value is -1.32. The van der Waals surface area contributed by atoms with E-state index in [1.54, 1.807) is 39.8 Å². The number of sulfonamides is 1. The molecule has 2 aromatic rings. The molecule has 178 valence electrons. The summed E-state index contributed by atoms with van der Waals surface area (Å²) in [6.07, 6.45) is 0.571. The zero-order chi connectivity index (χ0) is 24.3. The van der Waals surface area contributed by atoms with E-state index in [0.717, 1.165) is 0 Å². The van der Waals surface area contributed by atoms with Crippen molar-refractivity contribution in [3.05, 3.63) is 58.1 Å². The lowest BCUT2D eigenvalue weighted by Crippen LogP contribution is -2.40. The summed E-state index contributed by atoms with van der Waals surface area (Å²) in [5.41, 5.74) is 0.641. The molecule has 0 aromatic heterocycles. The van der Waals surface area contributed by atoms with Crippen LogP contribution in [0.25, 0.3) is 0 Å². The van der Waals surface area contributed by atoms with Crippen LogP contribution in [0.2, 0.25) is 10.0 Å². The van der Waals surface area contributed by atoms with Crippen LogP contribution in [0.1, 0.15) is 46.1 Å². The van der Waals surface area contributed by atoms with Gasteiger partial charge in [-0.3, -0.25) is 4.31 Å². The second kappa shape index (κ2) is 10.3. The number of sulfone groups is 1. The molecule has 0 aliphatic rings. The van der Waals surface area contributed by atoms with Gasteiger partial charge >= 0.3 is 0 Å². The van der Waals surface area contributed by atoms with Gasteiger partial charge in [0.2, 0.25) is 0 Å². The van der Waals surface area contributed by atoms with E-state index in [2.05, 4.69) is 0 Å². The monoisotopic (exact) mass is 521 g/mol. The third-order valence-corrected chi connectivity index (χ3v) is 10.3. The summed E-state index contributed by atoms with van der Waals surface area (Å²) in [5.74, 6) is -0.0575. The predicted octanol–water partition coefficient (Wildman–Crippen LogP) is 5.06. The summed E-state index contributed by atoms with van der Waals surface area (Å²) in [6, 6.07) is 9.81. The van der Waals surface area contributed by atoms with Crippen LogP contribution in [0, 0.1) is 0 Å². The number of nitrogens with zero attached hydrogens (tertiary/aromatic N) is 1. The first-order chi connectivity index (χ1) is 14.7. The van der Waals surface area contributed by atoms with Crippen molar-refractivity contribution >= 4 is 48.7 Å². The minimum atomic E-state index is -4.06. The molecule has 2 aromatic carbocycles. The summed E-state index contributed by atoms with van der Waals surface area (Å²) in [5, 5.41) is 10.5. The Labute approximate surface area is 201 Å². The molecular weight excluding hydrogens is 493 g/mol. The fraction of sp³-hybridized carbons (Fsp3) is 0.455. The molecule has 0 spiro atoms. The number of benzene rings is 2. The van der Waals surface area contributed by atoms with Gasteiger partial charge in [0.15, 0.2) is 9.84 Å². The third kappa shape index (κ3) is 6.17. The molecule has 0 amide bonds. The van der Waals surface area contributed by atoms with Crippen LogP contribution in [0.5, 0.6) is 0 Å². The van der Waals surface area contributed by atoms with Crippen LogP contribution in [0.15, 0.2) is 47.4 Å². The zero-order valence-electron chi connectivity index (χ0n) is 18.5. The van der Waals surface area contributed by atoms with E-state index in [4.69, 9.17) is 23.2 Å². The van der Waals surface area contributed by atoms with Gasteiger partial charge in [-0.05, 0) is 76.9 Å². The Bertz CT molecular complexity index is 1140. The number of hydrogen-bond acceptors (Lipinski definition) is 5. The first-order valence-electron chi connectivity index (χ1n) is 10.1. The van der Waals surface area contributed by atoms with Crippen molar-refractivity contribution in [2.45, 2.75) is 62.8 Å². The van der Waals surface area contributed by atoms with Gasteiger partial charge in [-0.2, -0.15) is 0 Å². The molecule has 0 aliphatic carbocycles. The quantitative estimate of drug-likeness (QED) is 0.497. The van der Waals surface area contributed by atoms with Crippen LogP contribution in [-0.2, 0) is 26.5 Å². The molecule has 0 heterocycles. The van der Waals surface area contributed by atoms with E-state index in [0.29, 0.717) is 22.0 Å². The average molecular weight is 523 g/mol. The van der Waals surface area contributed by atoms with Gasteiger partial charge in [0.25, 0.3) is 10.0 Å². The molecule has 10 heteroatoms. The van der Waals surface area contributed by atoms with Crippen molar-refractivity contribution in [3.63, 3.8) is 0 Å². The van der Waals surface area contributed by atoms with Gasteiger partial charge in [-0.15, -0.1) is 0 Å². The number of anilines is 1. The maximum absolute atomic E-state index is 13.6. The molecule has 2 rings (SSSR count). The number of aliphatic hydroxyl groups is 1. The van der Waals surface area contributed by atoms with E-state index in [1.165, 1.54) is 34.6 Å². The van der Waals surface area contributed by atoms with Crippen molar-refractivity contribution < 1.29 is 21.9 Å². The summed E-state index contributed by atoms with van der Waals surface area (Å²) in [4.78, 5) is 0.0277. The Morgan fingerprint density at radius 1 is 0.969 bits per heavy atom. The minimum absolute atomic E-state index is 0.0277. The zero-order valence-corrected chi connectivity index (χ0v) is 21.7. The number of aliphatic hydroxyl groups excluding tert-OH is 1. The fourth-order valence-corrected chi connectivity index (χ4v) is 6.36. The van der Waals surface area contributed by atoms with Crippen molar-refractivity contribution in [3.8, 4) is 0 Å². The molecule has 0 radical (unpaired) electrons. The van der Waals surface area contributed by atoms with Gasteiger partial charge in [-0.25, -0.2) is 16.8 Å². The minimum Gasteiger partial charge on any atom is -0.392 e. The topological polar surface area (TPSA) is 91.8 Å². The van der Waals surface area contributed by atoms with E-state index >= 15 is 0 Å². The number of halogens is 2. The average Bonchev–Trinajstić information content (AvgIpc) is 2.67. The van der Waals surface area contributed by atoms with Crippen molar-refractivity contribution in [1.29, 1.82) is 0 Å². The van der Waals surface area contributed by atoms with Crippen molar-refractivity contribution in [2.75, 3.05) is 10.1 Å².